The standard InChI is InChI=1S/C14H21N3O2/c1-3-4-12(15)14(19)17-9-10-5-7-11(8-6-10)13(18)16-2/h5-8,12H,3-4,9,15H2,1-2H3,(H,16,18)(H,17,19)/t12-/m1/s1. The van der Waals surface area contributed by atoms with Crippen LogP contribution in [0.5, 0.6) is 0 Å². The van der Waals surface area contributed by atoms with E-state index >= 15 is 0 Å². The van der Waals surface area contributed by atoms with Gasteiger partial charge in [-0.3, -0.25) is 9.59 Å². The van der Waals surface area contributed by atoms with Gasteiger partial charge >= 0.3 is 0 Å². The predicted molar refractivity (Wildman–Crippen MR) is 74.6 cm³/mol. The minimum Gasteiger partial charge on any atom is -0.355 e. The molecule has 5 nitrogen and oxygen atoms in total. The summed E-state index contributed by atoms with van der Waals surface area (Å²) in [5.41, 5.74) is 7.24. The van der Waals surface area contributed by atoms with Crippen molar-refractivity contribution in [3.63, 3.8) is 0 Å². The minimum atomic E-state index is -0.449. The fourth-order valence-corrected chi connectivity index (χ4v) is 1.68. The lowest BCUT2D eigenvalue weighted by Gasteiger charge is -2.11. The normalized spacial score (nSPS) is 11.7. The highest BCUT2D eigenvalue weighted by Gasteiger charge is 2.11. The van der Waals surface area contributed by atoms with Crippen LogP contribution in [0.15, 0.2) is 24.3 Å². The molecule has 4 N–H and O–H groups in total. The van der Waals surface area contributed by atoms with E-state index in [0.717, 1.165) is 12.0 Å². The maximum atomic E-state index is 11.6. The average Bonchev–Trinajstić information content (AvgIpc) is 2.44. The first-order valence-corrected chi connectivity index (χ1v) is 6.42. The number of benzene rings is 1. The smallest absolute Gasteiger partial charge is 0.251 e. The average molecular weight is 263 g/mol. The Bertz CT molecular complexity index is 429. The Hall–Kier alpha value is -1.88. The van der Waals surface area contributed by atoms with Crippen LogP contribution in [-0.4, -0.2) is 24.9 Å². The lowest BCUT2D eigenvalue weighted by molar-refractivity contribution is -0.122. The molecule has 0 bridgehead atoms. The number of nitrogens with one attached hydrogen (secondary N) is 2. The molecule has 0 saturated carbocycles. The van der Waals surface area contributed by atoms with Gasteiger partial charge in [0.1, 0.15) is 0 Å². The van der Waals surface area contributed by atoms with E-state index in [1.54, 1.807) is 19.2 Å². The summed E-state index contributed by atoms with van der Waals surface area (Å²) in [7, 11) is 1.59. The summed E-state index contributed by atoms with van der Waals surface area (Å²) in [5.74, 6) is -0.266. The van der Waals surface area contributed by atoms with E-state index in [1.807, 2.05) is 19.1 Å². The molecular formula is C14H21N3O2. The third-order valence-electron chi connectivity index (χ3n) is 2.85. The highest BCUT2D eigenvalue weighted by atomic mass is 16.2. The zero-order chi connectivity index (χ0) is 14.3. The van der Waals surface area contributed by atoms with Crippen LogP contribution in [0.2, 0.25) is 0 Å². The Morgan fingerprint density at radius 3 is 2.42 bits per heavy atom. The van der Waals surface area contributed by atoms with E-state index in [2.05, 4.69) is 10.6 Å². The van der Waals surface area contributed by atoms with Crippen LogP contribution < -0.4 is 16.4 Å². The van der Waals surface area contributed by atoms with Crippen molar-refractivity contribution in [1.82, 2.24) is 10.6 Å². The molecule has 0 fully saturated rings. The van der Waals surface area contributed by atoms with Crippen molar-refractivity contribution in [3.8, 4) is 0 Å². The van der Waals surface area contributed by atoms with Gasteiger partial charge in [0.15, 0.2) is 0 Å². The molecule has 2 amide bonds. The Morgan fingerprint density at radius 2 is 1.89 bits per heavy atom. The Balaban J connectivity index is 2.50. The molecule has 0 unspecified atom stereocenters. The molecule has 0 radical (unpaired) electrons. The van der Waals surface area contributed by atoms with E-state index in [0.29, 0.717) is 18.5 Å². The lowest BCUT2D eigenvalue weighted by Crippen LogP contribution is -2.40. The van der Waals surface area contributed by atoms with Gasteiger partial charge in [0.05, 0.1) is 6.04 Å². The third kappa shape index (κ3) is 4.71. The number of nitrogens with two attached hydrogens (primary N) is 1. The quantitative estimate of drug-likeness (QED) is 0.709. The molecule has 1 rings (SSSR count). The van der Waals surface area contributed by atoms with Crippen molar-refractivity contribution in [2.75, 3.05) is 7.05 Å². The van der Waals surface area contributed by atoms with Crippen LogP contribution in [0.1, 0.15) is 35.7 Å². The summed E-state index contributed by atoms with van der Waals surface area (Å²) in [4.78, 5) is 23.0. The van der Waals surface area contributed by atoms with Gasteiger partial charge in [-0.15, -0.1) is 0 Å². The largest absolute Gasteiger partial charge is 0.355 e. The molecule has 0 aliphatic carbocycles. The Labute approximate surface area is 113 Å². The molecule has 0 spiro atoms. The molecule has 5 heteroatoms. The minimum absolute atomic E-state index is 0.124. The molecule has 1 aromatic rings. The number of carbonyl (C=O) groups is 2. The zero-order valence-electron chi connectivity index (χ0n) is 11.4. The van der Waals surface area contributed by atoms with Gasteiger partial charge in [-0.25, -0.2) is 0 Å². The van der Waals surface area contributed by atoms with Crippen LogP contribution in [-0.2, 0) is 11.3 Å². The molecule has 19 heavy (non-hydrogen) atoms. The molecule has 1 aromatic carbocycles. The molecule has 0 saturated heterocycles. The van der Waals surface area contributed by atoms with Crippen LogP contribution in [0.4, 0.5) is 0 Å². The van der Waals surface area contributed by atoms with Crippen LogP contribution in [0.3, 0.4) is 0 Å². The van der Waals surface area contributed by atoms with Crippen molar-refractivity contribution >= 4 is 11.8 Å². The number of hydrogen-bond donors (Lipinski definition) is 3. The second kappa shape index (κ2) is 7.53. The topological polar surface area (TPSA) is 84.2 Å². The summed E-state index contributed by atoms with van der Waals surface area (Å²) in [6, 6.07) is 6.64. The van der Waals surface area contributed by atoms with Crippen LogP contribution in [0.25, 0.3) is 0 Å². The van der Waals surface area contributed by atoms with Gasteiger partial charge in [0.2, 0.25) is 5.91 Å². The Kier molecular flexibility index (Phi) is 6.02. The Morgan fingerprint density at radius 1 is 1.26 bits per heavy atom. The second-order valence-electron chi connectivity index (χ2n) is 4.39. The summed E-state index contributed by atoms with van der Waals surface area (Å²) in [6.07, 6.45) is 1.57. The fraction of sp³-hybridized carbons (Fsp3) is 0.429. The van der Waals surface area contributed by atoms with Crippen molar-refractivity contribution in [1.29, 1.82) is 0 Å². The maximum absolute atomic E-state index is 11.6. The summed E-state index contributed by atoms with van der Waals surface area (Å²) in [5, 5.41) is 5.34. The van der Waals surface area contributed by atoms with E-state index in [1.165, 1.54) is 0 Å². The number of carbonyl (C=O) groups excluding carboxylic acids is 2. The van der Waals surface area contributed by atoms with Gasteiger partial charge in [-0.05, 0) is 24.1 Å². The number of hydrogen-bond acceptors (Lipinski definition) is 3. The first-order chi connectivity index (χ1) is 9.08. The number of rotatable bonds is 6. The van der Waals surface area contributed by atoms with Gasteiger partial charge in [0, 0.05) is 19.2 Å². The van der Waals surface area contributed by atoms with E-state index in [-0.39, 0.29) is 11.8 Å². The van der Waals surface area contributed by atoms with Gasteiger partial charge < -0.3 is 16.4 Å². The van der Waals surface area contributed by atoms with Gasteiger partial charge in [0.25, 0.3) is 5.91 Å². The first kappa shape index (κ1) is 15.2. The van der Waals surface area contributed by atoms with Crippen LogP contribution >= 0.6 is 0 Å². The van der Waals surface area contributed by atoms with Crippen molar-refractivity contribution in [3.05, 3.63) is 35.4 Å². The van der Waals surface area contributed by atoms with Gasteiger partial charge in [-0.1, -0.05) is 25.5 Å². The molecular weight excluding hydrogens is 242 g/mol. The zero-order valence-corrected chi connectivity index (χ0v) is 11.4. The predicted octanol–water partition coefficient (Wildman–Crippen LogP) is 0.790. The second-order valence-corrected chi connectivity index (χ2v) is 4.39. The van der Waals surface area contributed by atoms with Crippen molar-refractivity contribution < 1.29 is 9.59 Å². The fourth-order valence-electron chi connectivity index (χ4n) is 1.68. The molecule has 0 aliphatic heterocycles. The highest BCUT2D eigenvalue weighted by molar-refractivity contribution is 5.93. The SMILES string of the molecule is CCC[C@@H](N)C(=O)NCc1ccc(C(=O)NC)cc1. The van der Waals surface area contributed by atoms with Crippen molar-refractivity contribution in [2.24, 2.45) is 5.73 Å². The lowest BCUT2D eigenvalue weighted by atomic mass is 10.1. The molecule has 0 aliphatic rings. The van der Waals surface area contributed by atoms with E-state index in [4.69, 9.17) is 5.73 Å². The summed E-state index contributed by atoms with van der Waals surface area (Å²) >= 11 is 0. The van der Waals surface area contributed by atoms with Crippen LogP contribution in [0, 0.1) is 0 Å². The number of amides is 2. The summed E-state index contributed by atoms with van der Waals surface area (Å²) in [6.45, 7) is 2.41. The molecule has 0 heterocycles. The molecule has 1 atom stereocenters. The highest BCUT2D eigenvalue weighted by Crippen LogP contribution is 2.04. The third-order valence-corrected chi connectivity index (χ3v) is 2.85. The van der Waals surface area contributed by atoms with Crippen molar-refractivity contribution in [2.45, 2.75) is 32.4 Å². The van der Waals surface area contributed by atoms with Gasteiger partial charge in [-0.2, -0.15) is 0 Å². The van der Waals surface area contributed by atoms with E-state index in [9.17, 15) is 9.59 Å². The first-order valence-electron chi connectivity index (χ1n) is 6.42. The summed E-state index contributed by atoms with van der Waals surface area (Å²) < 4.78 is 0. The van der Waals surface area contributed by atoms with E-state index < -0.39 is 6.04 Å². The molecule has 104 valence electrons. The monoisotopic (exact) mass is 263 g/mol. The maximum Gasteiger partial charge on any atom is 0.251 e. The molecule has 0 aromatic heterocycles.